The molecule has 1 amide bonds. The van der Waals surface area contributed by atoms with E-state index < -0.39 is 0 Å². The normalized spacial score (nSPS) is 15.0. The first-order valence-electron chi connectivity index (χ1n) is 8.55. The van der Waals surface area contributed by atoms with Crippen LogP contribution in [0.4, 0.5) is 5.69 Å². The summed E-state index contributed by atoms with van der Waals surface area (Å²) in [7, 11) is 0. The number of hydrogen-bond acceptors (Lipinski definition) is 3. The molecular weight excluding hydrogens is 300 g/mol. The standard InChI is InChI=1S/C19H26N4O/c1-14-5-6-15(2)18(11-14)21-7-9-22(10-8-21)19(24)13-23-17(4)12-16(3)20-23/h5-6,11-12H,7-10,13H2,1-4H3. The van der Waals surface area contributed by atoms with Gasteiger partial charge in [0.2, 0.25) is 5.91 Å². The molecule has 1 fully saturated rings. The third-order valence-electron chi connectivity index (χ3n) is 4.73. The second-order valence-electron chi connectivity index (χ2n) is 6.74. The molecule has 0 spiro atoms. The second-order valence-corrected chi connectivity index (χ2v) is 6.74. The van der Waals surface area contributed by atoms with Crippen molar-refractivity contribution in [2.75, 3.05) is 31.1 Å². The molecule has 0 aliphatic carbocycles. The van der Waals surface area contributed by atoms with Gasteiger partial charge in [0, 0.05) is 37.6 Å². The molecule has 5 nitrogen and oxygen atoms in total. The molecule has 2 heterocycles. The van der Waals surface area contributed by atoms with E-state index in [9.17, 15) is 4.79 Å². The maximum absolute atomic E-state index is 12.5. The van der Waals surface area contributed by atoms with Gasteiger partial charge in [0.05, 0.1) is 5.69 Å². The Morgan fingerprint density at radius 1 is 1.04 bits per heavy atom. The van der Waals surface area contributed by atoms with Gasteiger partial charge in [-0.15, -0.1) is 0 Å². The van der Waals surface area contributed by atoms with Gasteiger partial charge in [-0.25, -0.2) is 0 Å². The predicted octanol–water partition coefficient (Wildman–Crippen LogP) is 2.47. The van der Waals surface area contributed by atoms with E-state index in [0.29, 0.717) is 6.54 Å². The van der Waals surface area contributed by atoms with Crippen molar-refractivity contribution < 1.29 is 4.79 Å². The minimum absolute atomic E-state index is 0.154. The molecule has 0 unspecified atom stereocenters. The maximum atomic E-state index is 12.5. The molecule has 0 atom stereocenters. The van der Waals surface area contributed by atoms with Gasteiger partial charge >= 0.3 is 0 Å². The summed E-state index contributed by atoms with van der Waals surface area (Å²) in [5.74, 6) is 0.154. The van der Waals surface area contributed by atoms with Gasteiger partial charge in [0.15, 0.2) is 0 Å². The number of nitrogens with zero attached hydrogens (tertiary/aromatic N) is 4. The molecule has 1 aromatic carbocycles. The molecule has 1 aliphatic rings. The smallest absolute Gasteiger partial charge is 0.244 e. The molecule has 0 bridgehead atoms. The summed E-state index contributed by atoms with van der Waals surface area (Å²) in [4.78, 5) is 16.9. The van der Waals surface area contributed by atoms with Gasteiger partial charge in [-0.2, -0.15) is 5.10 Å². The zero-order valence-corrected chi connectivity index (χ0v) is 15.0. The Morgan fingerprint density at radius 3 is 2.38 bits per heavy atom. The van der Waals surface area contributed by atoms with Crippen LogP contribution in [0.1, 0.15) is 22.5 Å². The fraction of sp³-hybridized carbons (Fsp3) is 0.474. The average Bonchev–Trinajstić information content (AvgIpc) is 2.87. The van der Waals surface area contributed by atoms with Crippen molar-refractivity contribution >= 4 is 11.6 Å². The largest absolute Gasteiger partial charge is 0.368 e. The Bertz CT molecular complexity index is 742. The third-order valence-corrected chi connectivity index (χ3v) is 4.73. The Kier molecular flexibility index (Phi) is 4.60. The number of anilines is 1. The van der Waals surface area contributed by atoms with E-state index in [1.54, 1.807) is 4.68 Å². The number of rotatable bonds is 3. The van der Waals surface area contributed by atoms with Crippen LogP contribution in [0.3, 0.4) is 0 Å². The molecule has 5 heteroatoms. The van der Waals surface area contributed by atoms with Crippen LogP contribution in [0.15, 0.2) is 24.3 Å². The molecule has 0 saturated carbocycles. The maximum Gasteiger partial charge on any atom is 0.244 e. The lowest BCUT2D eigenvalue weighted by atomic mass is 10.1. The van der Waals surface area contributed by atoms with Gasteiger partial charge in [-0.3, -0.25) is 9.48 Å². The molecule has 2 aromatic rings. The fourth-order valence-electron chi connectivity index (χ4n) is 3.32. The number of amides is 1. The molecule has 1 aliphatic heterocycles. The van der Waals surface area contributed by atoms with Crippen molar-refractivity contribution in [1.82, 2.24) is 14.7 Å². The van der Waals surface area contributed by atoms with E-state index in [4.69, 9.17) is 0 Å². The van der Waals surface area contributed by atoms with Crippen molar-refractivity contribution in [3.8, 4) is 0 Å². The zero-order valence-electron chi connectivity index (χ0n) is 15.0. The summed E-state index contributed by atoms with van der Waals surface area (Å²) in [6.07, 6.45) is 0. The first-order valence-corrected chi connectivity index (χ1v) is 8.55. The van der Waals surface area contributed by atoms with Crippen molar-refractivity contribution in [3.63, 3.8) is 0 Å². The number of hydrogen-bond donors (Lipinski definition) is 0. The van der Waals surface area contributed by atoms with Gasteiger partial charge < -0.3 is 9.80 Å². The minimum Gasteiger partial charge on any atom is -0.368 e. The Labute approximate surface area is 143 Å². The van der Waals surface area contributed by atoms with Crippen LogP contribution in [0.5, 0.6) is 0 Å². The zero-order chi connectivity index (χ0) is 17.3. The van der Waals surface area contributed by atoms with Crippen LogP contribution in [0, 0.1) is 27.7 Å². The van der Waals surface area contributed by atoms with Gasteiger partial charge in [0.1, 0.15) is 6.54 Å². The summed E-state index contributed by atoms with van der Waals surface area (Å²) < 4.78 is 1.80. The highest BCUT2D eigenvalue weighted by Crippen LogP contribution is 2.22. The number of aryl methyl sites for hydroxylation is 4. The summed E-state index contributed by atoms with van der Waals surface area (Å²) >= 11 is 0. The third kappa shape index (κ3) is 3.45. The number of aromatic nitrogens is 2. The number of carbonyl (C=O) groups is 1. The molecule has 128 valence electrons. The van der Waals surface area contributed by atoms with Crippen molar-refractivity contribution in [2.45, 2.75) is 34.2 Å². The molecule has 1 saturated heterocycles. The predicted molar refractivity (Wildman–Crippen MR) is 96.4 cm³/mol. The van der Waals surface area contributed by atoms with E-state index in [1.807, 2.05) is 24.8 Å². The number of carbonyl (C=O) groups excluding carboxylic acids is 1. The monoisotopic (exact) mass is 326 g/mol. The van der Waals surface area contributed by atoms with E-state index in [1.165, 1.54) is 16.8 Å². The fourth-order valence-corrected chi connectivity index (χ4v) is 3.32. The summed E-state index contributed by atoms with van der Waals surface area (Å²) in [5, 5.41) is 4.39. The molecule has 0 N–H and O–H groups in total. The van der Waals surface area contributed by atoms with E-state index in [2.05, 4.69) is 42.0 Å². The Balaban J connectivity index is 1.61. The van der Waals surface area contributed by atoms with Crippen LogP contribution >= 0.6 is 0 Å². The van der Waals surface area contributed by atoms with E-state index >= 15 is 0 Å². The Hall–Kier alpha value is -2.30. The van der Waals surface area contributed by atoms with Crippen LogP contribution in [-0.2, 0) is 11.3 Å². The van der Waals surface area contributed by atoms with E-state index in [-0.39, 0.29) is 5.91 Å². The lowest BCUT2D eigenvalue weighted by Gasteiger charge is -2.37. The Morgan fingerprint density at radius 2 is 1.75 bits per heavy atom. The van der Waals surface area contributed by atoms with Gasteiger partial charge in [-0.1, -0.05) is 12.1 Å². The molecule has 24 heavy (non-hydrogen) atoms. The lowest BCUT2D eigenvalue weighted by molar-refractivity contribution is -0.132. The minimum atomic E-state index is 0.154. The summed E-state index contributed by atoms with van der Waals surface area (Å²) in [5.41, 5.74) is 5.86. The molecular formula is C19H26N4O. The van der Waals surface area contributed by atoms with Crippen molar-refractivity contribution in [3.05, 3.63) is 46.8 Å². The summed E-state index contributed by atoms with van der Waals surface area (Å²) in [6.45, 7) is 11.9. The van der Waals surface area contributed by atoms with Crippen LogP contribution in [0.2, 0.25) is 0 Å². The van der Waals surface area contributed by atoms with Gasteiger partial charge in [0.25, 0.3) is 0 Å². The van der Waals surface area contributed by atoms with Crippen LogP contribution in [0.25, 0.3) is 0 Å². The highest BCUT2D eigenvalue weighted by atomic mass is 16.2. The van der Waals surface area contributed by atoms with Gasteiger partial charge in [-0.05, 0) is 51.0 Å². The lowest BCUT2D eigenvalue weighted by Crippen LogP contribution is -2.49. The highest BCUT2D eigenvalue weighted by molar-refractivity contribution is 5.76. The number of piperazine rings is 1. The highest BCUT2D eigenvalue weighted by Gasteiger charge is 2.22. The molecule has 1 aromatic heterocycles. The van der Waals surface area contributed by atoms with E-state index in [0.717, 1.165) is 37.6 Å². The first-order chi connectivity index (χ1) is 11.4. The quantitative estimate of drug-likeness (QED) is 0.870. The number of benzene rings is 1. The van der Waals surface area contributed by atoms with Crippen molar-refractivity contribution in [2.24, 2.45) is 0 Å². The molecule has 3 rings (SSSR count). The topological polar surface area (TPSA) is 41.4 Å². The first kappa shape index (κ1) is 16.6. The van der Waals surface area contributed by atoms with Crippen LogP contribution in [-0.4, -0.2) is 46.8 Å². The second kappa shape index (κ2) is 6.67. The SMILES string of the molecule is Cc1ccc(C)c(N2CCN(C(=O)Cn3nc(C)cc3C)CC2)c1. The molecule has 0 radical (unpaired) electrons. The summed E-state index contributed by atoms with van der Waals surface area (Å²) in [6, 6.07) is 8.56. The average molecular weight is 326 g/mol. The van der Waals surface area contributed by atoms with Crippen LogP contribution < -0.4 is 4.90 Å². The van der Waals surface area contributed by atoms with Crippen molar-refractivity contribution in [1.29, 1.82) is 0 Å².